The van der Waals surface area contributed by atoms with Gasteiger partial charge in [0.1, 0.15) is 0 Å². The number of aryl methyl sites for hydroxylation is 2. The van der Waals surface area contributed by atoms with E-state index in [1.165, 1.54) is 11.3 Å². The summed E-state index contributed by atoms with van der Waals surface area (Å²) in [6, 6.07) is 19.8. The number of thiazole rings is 1. The van der Waals surface area contributed by atoms with Crippen LogP contribution in [0.15, 0.2) is 66.0 Å². The Kier molecular flexibility index (Phi) is 5.77. The second-order valence-corrected chi connectivity index (χ2v) is 8.07. The molecule has 0 N–H and O–H groups in total. The maximum absolute atomic E-state index is 13.3. The lowest BCUT2D eigenvalue weighted by molar-refractivity contribution is -0.117. The zero-order valence-corrected chi connectivity index (χ0v) is 18.2. The van der Waals surface area contributed by atoms with Gasteiger partial charge in [-0.05, 0) is 57.0 Å². The molecule has 0 radical (unpaired) electrons. The van der Waals surface area contributed by atoms with Crippen LogP contribution in [0.1, 0.15) is 29.1 Å². The lowest BCUT2D eigenvalue weighted by Gasteiger charge is -2.20. The molecule has 2 aromatic carbocycles. The number of amides is 1. The first-order valence-corrected chi connectivity index (χ1v) is 10.8. The summed E-state index contributed by atoms with van der Waals surface area (Å²) in [5.41, 5.74) is 5.93. The molecule has 0 aliphatic rings. The third kappa shape index (κ3) is 4.04. The van der Waals surface area contributed by atoms with Crippen molar-refractivity contribution >= 4 is 28.1 Å². The van der Waals surface area contributed by atoms with Gasteiger partial charge in [0.25, 0.3) is 0 Å². The van der Waals surface area contributed by atoms with Crippen LogP contribution in [0.4, 0.5) is 10.8 Å². The summed E-state index contributed by atoms with van der Waals surface area (Å²) in [5.74, 6) is 0.0295. The molecule has 0 aliphatic heterocycles. The van der Waals surface area contributed by atoms with Crippen LogP contribution in [0.3, 0.4) is 0 Å². The maximum Gasteiger partial charge on any atom is 0.233 e. The highest BCUT2D eigenvalue weighted by atomic mass is 32.1. The van der Waals surface area contributed by atoms with E-state index in [-0.39, 0.29) is 5.91 Å². The van der Waals surface area contributed by atoms with Crippen molar-refractivity contribution in [2.24, 2.45) is 0 Å². The van der Waals surface area contributed by atoms with Crippen LogP contribution in [-0.4, -0.2) is 20.7 Å². The first-order chi connectivity index (χ1) is 14.5. The van der Waals surface area contributed by atoms with E-state index in [2.05, 4.69) is 11.9 Å². The molecule has 0 aliphatic carbocycles. The summed E-state index contributed by atoms with van der Waals surface area (Å²) in [5, 5.41) is 7.38. The van der Waals surface area contributed by atoms with Crippen molar-refractivity contribution in [2.75, 3.05) is 4.90 Å². The summed E-state index contributed by atoms with van der Waals surface area (Å²) in [7, 11) is 0. The molecule has 1 amide bonds. The SMILES string of the molecule is Cc1csc(N(C(=O)CCc2c(C)nn(-c3ccccc3)c2C)c2ccccc2)n1. The van der Waals surface area contributed by atoms with Gasteiger partial charge in [-0.2, -0.15) is 5.10 Å². The van der Waals surface area contributed by atoms with Crippen LogP contribution in [0.5, 0.6) is 0 Å². The minimum Gasteiger partial charge on any atom is -0.274 e. The molecule has 0 atom stereocenters. The number of benzene rings is 2. The van der Waals surface area contributed by atoms with Crippen molar-refractivity contribution in [1.82, 2.24) is 14.8 Å². The topological polar surface area (TPSA) is 51.0 Å². The molecule has 30 heavy (non-hydrogen) atoms. The van der Waals surface area contributed by atoms with E-state index in [4.69, 9.17) is 5.10 Å². The quantitative estimate of drug-likeness (QED) is 0.414. The van der Waals surface area contributed by atoms with Crippen LogP contribution < -0.4 is 4.90 Å². The predicted octanol–water partition coefficient (Wildman–Crippen LogP) is 5.55. The molecule has 0 saturated heterocycles. The average molecular weight is 417 g/mol. The van der Waals surface area contributed by atoms with Crippen molar-refractivity contribution in [1.29, 1.82) is 0 Å². The number of hydrogen-bond acceptors (Lipinski definition) is 4. The number of rotatable bonds is 6. The summed E-state index contributed by atoms with van der Waals surface area (Å²) < 4.78 is 1.95. The van der Waals surface area contributed by atoms with Gasteiger partial charge in [-0.25, -0.2) is 9.67 Å². The van der Waals surface area contributed by atoms with Crippen molar-refractivity contribution < 1.29 is 4.79 Å². The van der Waals surface area contributed by atoms with E-state index < -0.39 is 0 Å². The van der Waals surface area contributed by atoms with Gasteiger partial charge < -0.3 is 0 Å². The molecule has 152 valence electrons. The first kappa shape index (κ1) is 20.0. The Labute approximate surface area is 180 Å². The van der Waals surface area contributed by atoms with Crippen LogP contribution in [-0.2, 0) is 11.2 Å². The minimum absolute atomic E-state index is 0.0295. The van der Waals surface area contributed by atoms with E-state index >= 15 is 0 Å². The summed E-state index contributed by atoms with van der Waals surface area (Å²) in [6.07, 6.45) is 1.02. The Morgan fingerprint density at radius 2 is 1.67 bits per heavy atom. The van der Waals surface area contributed by atoms with E-state index in [9.17, 15) is 4.79 Å². The van der Waals surface area contributed by atoms with Gasteiger partial charge in [0.2, 0.25) is 5.91 Å². The molecule has 0 fully saturated rings. The van der Waals surface area contributed by atoms with E-state index in [1.54, 1.807) is 4.90 Å². The fourth-order valence-corrected chi connectivity index (χ4v) is 4.42. The Bertz CT molecular complexity index is 1150. The molecular weight excluding hydrogens is 392 g/mol. The fourth-order valence-electron chi connectivity index (χ4n) is 3.58. The number of carbonyl (C=O) groups is 1. The van der Waals surface area contributed by atoms with Crippen LogP contribution in [0.25, 0.3) is 5.69 Å². The number of para-hydroxylation sites is 2. The smallest absolute Gasteiger partial charge is 0.233 e. The van der Waals surface area contributed by atoms with Gasteiger partial charge in [0.15, 0.2) is 5.13 Å². The van der Waals surface area contributed by atoms with Crippen molar-refractivity contribution in [3.63, 3.8) is 0 Å². The molecule has 0 saturated carbocycles. The molecule has 2 heterocycles. The van der Waals surface area contributed by atoms with Crippen LogP contribution in [0.2, 0.25) is 0 Å². The largest absolute Gasteiger partial charge is 0.274 e. The molecule has 0 unspecified atom stereocenters. The van der Waals surface area contributed by atoms with Gasteiger partial charge in [-0.3, -0.25) is 9.69 Å². The molecule has 2 aromatic heterocycles. The lowest BCUT2D eigenvalue weighted by Crippen LogP contribution is -2.26. The van der Waals surface area contributed by atoms with Gasteiger partial charge in [-0.1, -0.05) is 36.4 Å². The summed E-state index contributed by atoms with van der Waals surface area (Å²) in [4.78, 5) is 19.6. The number of hydrogen-bond donors (Lipinski definition) is 0. The second kappa shape index (κ2) is 8.63. The van der Waals surface area contributed by atoms with E-state index in [1.807, 2.05) is 84.6 Å². The van der Waals surface area contributed by atoms with Crippen molar-refractivity contribution in [3.05, 3.63) is 88.7 Å². The Hall–Kier alpha value is -3.25. The van der Waals surface area contributed by atoms with Gasteiger partial charge in [0.05, 0.1) is 22.8 Å². The third-order valence-corrected chi connectivity index (χ3v) is 6.04. The molecular formula is C24H24N4OS. The zero-order chi connectivity index (χ0) is 21.1. The van der Waals surface area contributed by atoms with E-state index in [0.29, 0.717) is 18.0 Å². The Morgan fingerprint density at radius 3 is 2.30 bits per heavy atom. The van der Waals surface area contributed by atoms with Crippen molar-refractivity contribution in [3.8, 4) is 5.69 Å². The standard InChI is InChI=1S/C24H24N4OS/c1-17-16-30-24(25-17)27(20-10-6-4-7-11-20)23(29)15-14-22-18(2)26-28(19(22)3)21-12-8-5-9-13-21/h4-13,16H,14-15H2,1-3H3. The summed E-state index contributed by atoms with van der Waals surface area (Å²) in [6.45, 7) is 6.01. The highest BCUT2D eigenvalue weighted by molar-refractivity contribution is 7.14. The van der Waals surface area contributed by atoms with Crippen molar-refractivity contribution in [2.45, 2.75) is 33.6 Å². The first-order valence-electron chi connectivity index (χ1n) is 9.95. The number of nitrogens with zero attached hydrogens (tertiary/aromatic N) is 4. The summed E-state index contributed by atoms with van der Waals surface area (Å²) >= 11 is 1.49. The molecule has 4 rings (SSSR count). The number of carbonyl (C=O) groups excluding carboxylic acids is 1. The number of anilines is 2. The van der Waals surface area contributed by atoms with Gasteiger partial charge in [-0.15, -0.1) is 11.3 Å². The fraction of sp³-hybridized carbons (Fsp3) is 0.208. The molecule has 0 bridgehead atoms. The zero-order valence-electron chi connectivity index (χ0n) is 17.4. The van der Waals surface area contributed by atoms with Crippen LogP contribution >= 0.6 is 11.3 Å². The molecule has 0 spiro atoms. The van der Waals surface area contributed by atoms with Gasteiger partial charge >= 0.3 is 0 Å². The van der Waals surface area contributed by atoms with Crippen LogP contribution in [0, 0.1) is 20.8 Å². The van der Waals surface area contributed by atoms with Gasteiger partial charge in [0, 0.05) is 17.5 Å². The normalized spacial score (nSPS) is 10.9. The average Bonchev–Trinajstić information content (AvgIpc) is 3.31. The highest BCUT2D eigenvalue weighted by Gasteiger charge is 2.22. The Balaban J connectivity index is 1.58. The van der Waals surface area contributed by atoms with E-state index in [0.717, 1.165) is 34.0 Å². The highest BCUT2D eigenvalue weighted by Crippen LogP contribution is 2.30. The molecule has 5 nitrogen and oxygen atoms in total. The monoisotopic (exact) mass is 416 g/mol. The minimum atomic E-state index is 0.0295. The maximum atomic E-state index is 13.3. The molecule has 4 aromatic rings. The Morgan fingerprint density at radius 1 is 1.00 bits per heavy atom. The number of aromatic nitrogens is 3. The second-order valence-electron chi connectivity index (χ2n) is 7.23. The lowest BCUT2D eigenvalue weighted by atomic mass is 10.1. The third-order valence-electron chi connectivity index (χ3n) is 5.09. The predicted molar refractivity (Wildman–Crippen MR) is 122 cm³/mol. The molecule has 6 heteroatoms.